The SMILES string of the molecule is Cc1csc(SC2OC(CO)C(O)C(N/C=C(\N)c3cc(F)c(F)c(F)c3)C2O)c1. The highest BCUT2D eigenvalue weighted by molar-refractivity contribution is 8.01. The van der Waals surface area contributed by atoms with Gasteiger partial charge >= 0.3 is 0 Å². The lowest BCUT2D eigenvalue weighted by atomic mass is 9.97. The molecule has 3 rings (SSSR count). The monoisotopic (exact) mass is 462 g/mol. The molecule has 0 spiro atoms. The zero-order valence-electron chi connectivity index (χ0n) is 15.8. The van der Waals surface area contributed by atoms with E-state index in [1.54, 1.807) is 0 Å². The number of hydrogen-bond acceptors (Lipinski definition) is 8. The van der Waals surface area contributed by atoms with E-state index < -0.39 is 53.8 Å². The molecule has 1 fully saturated rings. The number of halogens is 3. The lowest BCUT2D eigenvalue weighted by Gasteiger charge is -2.42. The Hall–Kier alpha value is -1.76. The minimum Gasteiger partial charge on any atom is -0.397 e. The molecule has 164 valence electrons. The minimum atomic E-state index is -1.61. The van der Waals surface area contributed by atoms with Crippen LogP contribution in [0.2, 0.25) is 0 Å². The van der Waals surface area contributed by atoms with Gasteiger partial charge in [0.05, 0.1) is 22.6 Å². The van der Waals surface area contributed by atoms with Gasteiger partial charge in [-0.2, -0.15) is 0 Å². The Kier molecular flexibility index (Phi) is 7.32. The van der Waals surface area contributed by atoms with Crippen LogP contribution in [0, 0.1) is 24.4 Å². The molecule has 30 heavy (non-hydrogen) atoms. The van der Waals surface area contributed by atoms with Crippen molar-refractivity contribution in [2.45, 2.75) is 40.9 Å². The van der Waals surface area contributed by atoms with Gasteiger partial charge in [0.2, 0.25) is 0 Å². The van der Waals surface area contributed by atoms with Crippen LogP contribution < -0.4 is 11.1 Å². The molecule has 1 aromatic carbocycles. The molecule has 6 N–H and O–H groups in total. The van der Waals surface area contributed by atoms with Gasteiger partial charge < -0.3 is 31.1 Å². The molecule has 0 aliphatic carbocycles. The standard InChI is InChI=1S/C19H21F3N2O4S2/c1-8-2-14(29-7-8)30-19-18(27)16(17(26)13(6-25)28-19)24-5-12(23)9-3-10(20)15(22)11(21)4-9/h2-5,7,13,16-19,24-27H,6,23H2,1H3/b12-5-. The van der Waals surface area contributed by atoms with Gasteiger partial charge in [0.15, 0.2) is 17.5 Å². The summed E-state index contributed by atoms with van der Waals surface area (Å²) in [6, 6.07) is 2.39. The van der Waals surface area contributed by atoms with Gasteiger partial charge in [-0.05, 0) is 36.1 Å². The third-order valence-electron chi connectivity index (χ3n) is 4.57. The molecule has 0 radical (unpaired) electrons. The van der Waals surface area contributed by atoms with Gasteiger partial charge in [-0.25, -0.2) is 13.2 Å². The molecule has 0 bridgehead atoms. The van der Waals surface area contributed by atoms with E-state index in [0.29, 0.717) is 0 Å². The summed E-state index contributed by atoms with van der Waals surface area (Å²) in [7, 11) is 0. The van der Waals surface area contributed by atoms with Crippen LogP contribution in [0.4, 0.5) is 13.2 Å². The summed E-state index contributed by atoms with van der Waals surface area (Å²) in [5, 5.41) is 35.4. The number of thiophene rings is 1. The van der Waals surface area contributed by atoms with E-state index in [1.807, 2.05) is 18.4 Å². The number of thioether (sulfide) groups is 1. The highest BCUT2D eigenvalue weighted by Gasteiger charge is 2.44. The van der Waals surface area contributed by atoms with E-state index in [9.17, 15) is 28.5 Å². The average Bonchev–Trinajstić information content (AvgIpc) is 3.12. The first-order valence-electron chi connectivity index (χ1n) is 8.92. The molecule has 2 heterocycles. The van der Waals surface area contributed by atoms with Gasteiger partial charge in [0, 0.05) is 11.8 Å². The highest BCUT2D eigenvalue weighted by atomic mass is 32.2. The molecule has 1 aliphatic rings. The lowest BCUT2D eigenvalue weighted by Crippen LogP contribution is -2.62. The number of nitrogens with one attached hydrogen (secondary N) is 1. The van der Waals surface area contributed by atoms with Crippen LogP contribution in [0.25, 0.3) is 5.70 Å². The summed E-state index contributed by atoms with van der Waals surface area (Å²) in [4.78, 5) is 0. The topological polar surface area (TPSA) is 108 Å². The van der Waals surface area contributed by atoms with E-state index in [1.165, 1.54) is 23.1 Å². The van der Waals surface area contributed by atoms with Crippen molar-refractivity contribution >= 4 is 28.8 Å². The fraction of sp³-hybridized carbons (Fsp3) is 0.368. The van der Waals surface area contributed by atoms with Crippen molar-refractivity contribution in [1.82, 2.24) is 5.32 Å². The Morgan fingerprint density at radius 1 is 1.23 bits per heavy atom. The van der Waals surface area contributed by atoms with Crippen molar-refractivity contribution in [3.05, 3.63) is 58.4 Å². The smallest absolute Gasteiger partial charge is 0.194 e. The van der Waals surface area contributed by atoms with Crippen molar-refractivity contribution in [1.29, 1.82) is 0 Å². The predicted octanol–water partition coefficient (Wildman–Crippen LogP) is 1.92. The summed E-state index contributed by atoms with van der Waals surface area (Å²) < 4.78 is 46.5. The first-order chi connectivity index (χ1) is 14.2. The Bertz CT molecular complexity index is 904. The first kappa shape index (κ1) is 22.9. The molecule has 0 saturated carbocycles. The second-order valence-corrected chi connectivity index (χ2v) is 9.12. The molecule has 5 unspecified atom stereocenters. The van der Waals surface area contributed by atoms with Gasteiger partial charge in [-0.15, -0.1) is 11.3 Å². The van der Waals surface area contributed by atoms with E-state index in [-0.39, 0.29) is 11.3 Å². The Labute approximate surface area is 179 Å². The van der Waals surface area contributed by atoms with Gasteiger partial charge in [0.25, 0.3) is 0 Å². The molecule has 1 aliphatic heterocycles. The normalized spacial score (nSPS) is 27.3. The van der Waals surface area contributed by atoms with Crippen LogP contribution in [0.3, 0.4) is 0 Å². The molecular weight excluding hydrogens is 441 g/mol. The number of aryl methyl sites for hydroxylation is 1. The lowest BCUT2D eigenvalue weighted by molar-refractivity contribution is -0.164. The Morgan fingerprint density at radius 3 is 2.47 bits per heavy atom. The maximum Gasteiger partial charge on any atom is 0.194 e. The molecule has 11 heteroatoms. The number of hydrogen-bond donors (Lipinski definition) is 5. The highest BCUT2D eigenvalue weighted by Crippen LogP contribution is 2.36. The average molecular weight is 463 g/mol. The number of rotatable bonds is 6. The van der Waals surface area contributed by atoms with Gasteiger partial charge in [-0.1, -0.05) is 11.8 Å². The zero-order chi connectivity index (χ0) is 22.0. The maximum absolute atomic E-state index is 13.4. The van der Waals surface area contributed by atoms with Crippen molar-refractivity contribution in [3.63, 3.8) is 0 Å². The Balaban J connectivity index is 1.78. The van der Waals surface area contributed by atoms with E-state index in [2.05, 4.69) is 5.32 Å². The summed E-state index contributed by atoms with van der Waals surface area (Å²) in [6.45, 7) is 1.44. The number of aliphatic hydroxyl groups excluding tert-OH is 3. The fourth-order valence-electron chi connectivity index (χ4n) is 2.95. The van der Waals surface area contributed by atoms with Gasteiger partial charge in [-0.3, -0.25) is 0 Å². The van der Waals surface area contributed by atoms with Crippen LogP contribution in [-0.4, -0.2) is 51.7 Å². The fourth-order valence-corrected chi connectivity index (χ4v) is 5.22. The molecule has 2 aromatic rings. The molecule has 1 aromatic heterocycles. The molecule has 6 nitrogen and oxygen atoms in total. The minimum absolute atomic E-state index is 0.117. The molecule has 5 atom stereocenters. The second kappa shape index (κ2) is 9.58. The molecule has 1 saturated heterocycles. The predicted molar refractivity (Wildman–Crippen MR) is 108 cm³/mol. The molecule has 0 amide bonds. The zero-order valence-corrected chi connectivity index (χ0v) is 17.4. The summed E-state index contributed by atoms with van der Waals surface area (Å²) in [5.74, 6) is -4.39. The number of ether oxygens (including phenoxy) is 1. The first-order valence-corrected chi connectivity index (χ1v) is 10.7. The largest absolute Gasteiger partial charge is 0.397 e. The van der Waals surface area contributed by atoms with Crippen molar-refractivity contribution in [2.24, 2.45) is 5.73 Å². The number of aliphatic hydroxyl groups is 3. The van der Waals surface area contributed by atoms with Crippen LogP contribution in [0.15, 0.2) is 34.0 Å². The third-order valence-corrected chi connectivity index (χ3v) is 6.96. The maximum atomic E-state index is 13.4. The third kappa shape index (κ3) is 4.93. The van der Waals surface area contributed by atoms with Crippen LogP contribution in [0.5, 0.6) is 0 Å². The number of benzene rings is 1. The van der Waals surface area contributed by atoms with Crippen molar-refractivity contribution in [3.8, 4) is 0 Å². The quantitative estimate of drug-likeness (QED) is 0.418. The number of nitrogens with two attached hydrogens (primary N) is 1. The van der Waals surface area contributed by atoms with Crippen LogP contribution in [-0.2, 0) is 4.74 Å². The second-order valence-electron chi connectivity index (χ2n) is 6.81. The van der Waals surface area contributed by atoms with Crippen molar-refractivity contribution in [2.75, 3.05) is 6.61 Å². The van der Waals surface area contributed by atoms with Crippen molar-refractivity contribution < 1.29 is 33.2 Å². The van der Waals surface area contributed by atoms with E-state index in [4.69, 9.17) is 10.5 Å². The van der Waals surface area contributed by atoms with E-state index >= 15 is 0 Å². The van der Waals surface area contributed by atoms with Crippen LogP contribution >= 0.6 is 23.1 Å². The van der Waals surface area contributed by atoms with Crippen LogP contribution in [0.1, 0.15) is 11.1 Å². The Morgan fingerprint density at radius 2 is 1.90 bits per heavy atom. The van der Waals surface area contributed by atoms with E-state index in [0.717, 1.165) is 28.1 Å². The summed E-state index contributed by atoms with van der Waals surface area (Å²) >= 11 is 2.71. The summed E-state index contributed by atoms with van der Waals surface area (Å²) in [6.07, 6.45) is -2.32. The molecular formula is C19H21F3N2O4S2. The van der Waals surface area contributed by atoms with Gasteiger partial charge in [0.1, 0.15) is 23.7 Å². The summed E-state index contributed by atoms with van der Waals surface area (Å²) in [5.41, 5.74) is 5.81.